The van der Waals surface area contributed by atoms with Crippen LogP contribution in [-0.4, -0.2) is 18.8 Å². The van der Waals surface area contributed by atoms with Crippen molar-refractivity contribution in [3.8, 4) is 0 Å². The molecule has 0 saturated carbocycles. The highest BCUT2D eigenvalue weighted by Gasteiger charge is 2.13. The van der Waals surface area contributed by atoms with Crippen molar-refractivity contribution in [3.05, 3.63) is 29.3 Å². The van der Waals surface area contributed by atoms with E-state index in [1.165, 1.54) is 25.1 Å². The third-order valence-corrected chi connectivity index (χ3v) is 2.82. The molecular formula is C9H11NO4S. The van der Waals surface area contributed by atoms with E-state index in [9.17, 15) is 13.2 Å². The molecule has 1 rings (SSSR count). The largest absolute Gasteiger partial charge is 0.326 e. The molecule has 0 amide bonds. The predicted molar refractivity (Wildman–Crippen MR) is 54.2 cm³/mol. The van der Waals surface area contributed by atoms with Gasteiger partial charge in [0, 0.05) is 12.1 Å². The van der Waals surface area contributed by atoms with E-state index >= 15 is 0 Å². The van der Waals surface area contributed by atoms with Crippen molar-refractivity contribution in [3.63, 3.8) is 0 Å². The van der Waals surface area contributed by atoms with Crippen LogP contribution in [0.4, 0.5) is 0 Å². The number of ketones is 1. The van der Waals surface area contributed by atoms with E-state index in [4.69, 9.17) is 10.3 Å². The molecule has 0 spiro atoms. The second-order valence-corrected chi connectivity index (χ2v) is 4.48. The summed E-state index contributed by atoms with van der Waals surface area (Å²) in [6.07, 6.45) is 0. The van der Waals surface area contributed by atoms with E-state index in [1.54, 1.807) is 0 Å². The second kappa shape index (κ2) is 4.09. The smallest absolute Gasteiger partial charge is 0.294 e. The highest BCUT2D eigenvalue weighted by atomic mass is 32.2. The van der Waals surface area contributed by atoms with Crippen LogP contribution in [0.5, 0.6) is 0 Å². The summed E-state index contributed by atoms with van der Waals surface area (Å²) >= 11 is 0. The lowest BCUT2D eigenvalue weighted by Gasteiger charge is -2.05. The zero-order valence-corrected chi connectivity index (χ0v) is 8.91. The molecule has 0 aliphatic heterocycles. The van der Waals surface area contributed by atoms with E-state index in [0.717, 1.165) is 0 Å². The van der Waals surface area contributed by atoms with E-state index in [1.807, 2.05) is 0 Å². The number of carbonyl (C=O) groups is 1. The first-order valence-electron chi connectivity index (χ1n) is 4.17. The van der Waals surface area contributed by atoms with Crippen LogP contribution < -0.4 is 5.73 Å². The molecule has 0 radical (unpaired) electrons. The number of hydrogen-bond acceptors (Lipinski definition) is 4. The van der Waals surface area contributed by atoms with E-state index < -0.39 is 10.1 Å². The molecule has 3 N–H and O–H groups in total. The Morgan fingerprint density at radius 1 is 1.47 bits per heavy atom. The number of Topliss-reactive ketones (excluding diaryl/α,β-unsaturated/α-hetero) is 1. The fraction of sp³-hybridized carbons (Fsp3) is 0.222. The summed E-state index contributed by atoms with van der Waals surface area (Å²) in [6, 6.07) is 3.71. The van der Waals surface area contributed by atoms with Gasteiger partial charge in [0.2, 0.25) is 0 Å². The zero-order valence-electron chi connectivity index (χ0n) is 8.10. The SMILES string of the molecule is CC(=O)c1ccc(S(=O)(=O)O)cc1CN. The van der Waals surface area contributed by atoms with Crippen LogP contribution in [0.25, 0.3) is 0 Å². The van der Waals surface area contributed by atoms with Crippen LogP contribution in [-0.2, 0) is 16.7 Å². The van der Waals surface area contributed by atoms with Crippen LogP contribution in [0.1, 0.15) is 22.8 Å². The number of benzene rings is 1. The van der Waals surface area contributed by atoms with Crippen LogP contribution in [0.3, 0.4) is 0 Å². The lowest BCUT2D eigenvalue weighted by molar-refractivity contribution is 0.101. The van der Waals surface area contributed by atoms with Crippen LogP contribution >= 0.6 is 0 Å². The predicted octanol–water partition coefficient (Wildman–Crippen LogP) is 0.595. The van der Waals surface area contributed by atoms with Crippen molar-refractivity contribution >= 4 is 15.9 Å². The first-order valence-corrected chi connectivity index (χ1v) is 5.61. The van der Waals surface area contributed by atoms with Crippen molar-refractivity contribution < 1.29 is 17.8 Å². The molecule has 1 aromatic carbocycles. The summed E-state index contributed by atoms with van der Waals surface area (Å²) in [5.74, 6) is -0.197. The zero-order chi connectivity index (χ0) is 11.6. The molecule has 0 atom stereocenters. The Labute approximate surface area is 87.7 Å². The molecule has 15 heavy (non-hydrogen) atoms. The molecule has 1 aromatic rings. The van der Waals surface area contributed by atoms with Gasteiger partial charge in [-0.15, -0.1) is 0 Å². The van der Waals surface area contributed by atoms with Gasteiger partial charge in [0.25, 0.3) is 10.1 Å². The number of nitrogens with two attached hydrogens (primary N) is 1. The van der Waals surface area contributed by atoms with E-state index in [2.05, 4.69) is 0 Å². The molecule has 0 bridgehead atoms. The van der Waals surface area contributed by atoms with Crippen molar-refractivity contribution in [2.45, 2.75) is 18.4 Å². The van der Waals surface area contributed by atoms with Crippen molar-refractivity contribution in [2.24, 2.45) is 5.73 Å². The molecular weight excluding hydrogens is 218 g/mol. The molecule has 5 nitrogen and oxygen atoms in total. The Balaban J connectivity index is 3.38. The fourth-order valence-electron chi connectivity index (χ4n) is 1.24. The number of hydrogen-bond donors (Lipinski definition) is 2. The van der Waals surface area contributed by atoms with Gasteiger partial charge in [0.05, 0.1) is 4.90 Å². The average molecular weight is 229 g/mol. The van der Waals surface area contributed by atoms with Gasteiger partial charge in [-0.1, -0.05) is 0 Å². The van der Waals surface area contributed by atoms with Gasteiger partial charge in [-0.25, -0.2) is 0 Å². The molecule has 0 fully saturated rings. The molecule has 0 saturated heterocycles. The van der Waals surface area contributed by atoms with Gasteiger partial charge in [-0.3, -0.25) is 9.35 Å². The van der Waals surface area contributed by atoms with Gasteiger partial charge >= 0.3 is 0 Å². The second-order valence-electron chi connectivity index (χ2n) is 3.05. The standard InChI is InChI=1S/C9H11NO4S/c1-6(11)9-3-2-8(15(12,13)14)4-7(9)5-10/h2-4H,5,10H2,1H3,(H,12,13,14). The highest BCUT2D eigenvalue weighted by Crippen LogP contribution is 2.16. The fourth-order valence-corrected chi connectivity index (χ4v) is 1.77. The minimum absolute atomic E-state index is 0.0400. The molecule has 0 aliphatic rings. The Hall–Kier alpha value is -1.24. The van der Waals surface area contributed by atoms with Crippen molar-refractivity contribution in [1.29, 1.82) is 0 Å². The summed E-state index contributed by atoms with van der Waals surface area (Å²) in [5, 5.41) is 0. The number of carbonyl (C=O) groups excluding carboxylic acids is 1. The molecule has 0 unspecified atom stereocenters. The van der Waals surface area contributed by atoms with Crippen LogP contribution in [0.2, 0.25) is 0 Å². The summed E-state index contributed by atoms with van der Waals surface area (Å²) in [6.45, 7) is 1.40. The normalized spacial score (nSPS) is 11.4. The maximum absolute atomic E-state index is 11.1. The van der Waals surface area contributed by atoms with Gasteiger partial charge in [0.15, 0.2) is 5.78 Å². The van der Waals surface area contributed by atoms with Crippen LogP contribution in [0.15, 0.2) is 23.1 Å². The van der Waals surface area contributed by atoms with E-state index in [-0.39, 0.29) is 17.2 Å². The molecule has 82 valence electrons. The summed E-state index contributed by atoms with van der Waals surface area (Å²) < 4.78 is 30.4. The summed E-state index contributed by atoms with van der Waals surface area (Å²) in [4.78, 5) is 10.9. The average Bonchev–Trinajstić information content (AvgIpc) is 2.15. The first-order chi connectivity index (χ1) is 6.86. The molecule has 0 aromatic heterocycles. The van der Waals surface area contributed by atoms with Crippen molar-refractivity contribution in [2.75, 3.05) is 0 Å². The minimum atomic E-state index is -4.24. The quantitative estimate of drug-likeness (QED) is 0.584. The Morgan fingerprint density at radius 3 is 2.47 bits per heavy atom. The third-order valence-electron chi connectivity index (χ3n) is 1.97. The topological polar surface area (TPSA) is 97.5 Å². The lowest BCUT2D eigenvalue weighted by atomic mass is 10.0. The Kier molecular flexibility index (Phi) is 3.23. The third kappa shape index (κ3) is 2.62. The maximum atomic E-state index is 11.1. The maximum Gasteiger partial charge on any atom is 0.294 e. The lowest BCUT2D eigenvalue weighted by Crippen LogP contribution is -2.07. The van der Waals surface area contributed by atoms with Gasteiger partial charge in [-0.2, -0.15) is 8.42 Å². The highest BCUT2D eigenvalue weighted by molar-refractivity contribution is 7.85. The monoisotopic (exact) mass is 229 g/mol. The molecule has 0 aliphatic carbocycles. The van der Waals surface area contributed by atoms with Gasteiger partial charge < -0.3 is 5.73 Å². The van der Waals surface area contributed by atoms with Crippen LogP contribution in [0, 0.1) is 0 Å². The Bertz CT molecular complexity index is 493. The van der Waals surface area contributed by atoms with Gasteiger partial charge in [0.1, 0.15) is 0 Å². The summed E-state index contributed by atoms with van der Waals surface area (Å²) in [7, 11) is -4.24. The summed E-state index contributed by atoms with van der Waals surface area (Å²) in [5.41, 5.74) is 6.14. The van der Waals surface area contributed by atoms with Gasteiger partial charge in [-0.05, 0) is 30.7 Å². The van der Waals surface area contributed by atoms with Crippen molar-refractivity contribution in [1.82, 2.24) is 0 Å². The molecule has 0 heterocycles. The molecule has 6 heteroatoms. The Morgan fingerprint density at radius 2 is 2.07 bits per heavy atom. The first kappa shape index (κ1) is 11.8. The minimum Gasteiger partial charge on any atom is -0.326 e. The number of rotatable bonds is 3. The van der Waals surface area contributed by atoms with E-state index in [0.29, 0.717) is 11.1 Å².